The summed E-state index contributed by atoms with van der Waals surface area (Å²) in [6.45, 7) is 4.72. The molecule has 1 aliphatic heterocycles. The molecular formula is C26H29N3O3. The maximum absolute atomic E-state index is 13.2. The highest BCUT2D eigenvalue weighted by Crippen LogP contribution is 2.31. The zero-order valence-corrected chi connectivity index (χ0v) is 18.8. The van der Waals surface area contributed by atoms with Gasteiger partial charge < -0.3 is 15.0 Å². The highest BCUT2D eigenvalue weighted by molar-refractivity contribution is 6.06. The average molecular weight is 432 g/mol. The van der Waals surface area contributed by atoms with E-state index >= 15 is 0 Å². The van der Waals surface area contributed by atoms with Crippen molar-refractivity contribution in [1.29, 1.82) is 0 Å². The Labute approximate surface area is 187 Å². The van der Waals surface area contributed by atoms with Crippen molar-refractivity contribution in [1.82, 2.24) is 15.2 Å². The summed E-state index contributed by atoms with van der Waals surface area (Å²) >= 11 is 0. The van der Waals surface area contributed by atoms with Gasteiger partial charge in [-0.05, 0) is 55.9 Å². The fraction of sp³-hybridized carbons (Fsp3) is 0.385. The van der Waals surface area contributed by atoms with Gasteiger partial charge in [0.2, 0.25) is 0 Å². The number of benzene rings is 2. The summed E-state index contributed by atoms with van der Waals surface area (Å²) in [6.07, 6.45) is 2.40. The summed E-state index contributed by atoms with van der Waals surface area (Å²) < 4.78 is 5.11. The summed E-state index contributed by atoms with van der Waals surface area (Å²) in [5.41, 5.74) is 6.42. The van der Waals surface area contributed by atoms with Crippen molar-refractivity contribution in [3.63, 3.8) is 0 Å². The molecule has 1 amide bonds. The van der Waals surface area contributed by atoms with E-state index in [0.29, 0.717) is 18.5 Å². The van der Waals surface area contributed by atoms with Gasteiger partial charge in [-0.25, -0.2) is 0 Å². The number of methoxy groups -OCH3 is 1. The van der Waals surface area contributed by atoms with E-state index in [4.69, 9.17) is 4.74 Å². The van der Waals surface area contributed by atoms with Gasteiger partial charge in [-0.2, -0.15) is 0 Å². The number of carbonyl (C=O) groups excluding carboxylic acids is 2. The van der Waals surface area contributed by atoms with Gasteiger partial charge in [-0.3, -0.25) is 14.5 Å². The Bertz CT molecular complexity index is 1170. The Morgan fingerprint density at radius 2 is 1.78 bits per heavy atom. The van der Waals surface area contributed by atoms with Crippen LogP contribution in [-0.2, 0) is 22.4 Å². The minimum atomic E-state index is -0.338. The molecule has 3 aromatic rings. The standard InChI is InChI=1S/C26H29N3O3/c1-15-16(2)27-24-21(15)9-6-10-22(24)25(30)28-19-13-23(26(31)32-3)29(14-19)20-11-17-7-4-5-8-18(17)12-20/h4-10,19-20,23,27H,11-14H2,1-3H3,(H,28,30)/t19-,23+/m1/s1. The van der Waals surface area contributed by atoms with Crippen LogP contribution in [0.25, 0.3) is 10.9 Å². The van der Waals surface area contributed by atoms with E-state index in [9.17, 15) is 9.59 Å². The van der Waals surface area contributed by atoms with Gasteiger partial charge in [0, 0.05) is 29.7 Å². The number of nitrogens with zero attached hydrogens (tertiary/aromatic N) is 1. The van der Waals surface area contributed by atoms with E-state index in [0.717, 1.165) is 35.0 Å². The number of aromatic amines is 1. The molecule has 6 heteroatoms. The van der Waals surface area contributed by atoms with E-state index in [2.05, 4.69) is 46.4 Å². The van der Waals surface area contributed by atoms with Crippen molar-refractivity contribution in [2.75, 3.05) is 13.7 Å². The zero-order chi connectivity index (χ0) is 22.4. The minimum Gasteiger partial charge on any atom is -0.468 e. The molecule has 0 saturated carbocycles. The van der Waals surface area contributed by atoms with Gasteiger partial charge in [0.25, 0.3) is 5.91 Å². The molecule has 32 heavy (non-hydrogen) atoms. The van der Waals surface area contributed by atoms with Crippen molar-refractivity contribution in [2.24, 2.45) is 0 Å². The van der Waals surface area contributed by atoms with Gasteiger partial charge in [0.05, 0.1) is 18.2 Å². The third-order valence-electron chi connectivity index (χ3n) is 7.23. The number of ether oxygens (including phenoxy) is 1. The van der Waals surface area contributed by atoms with Crippen molar-refractivity contribution in [3.8, 4) is 0 Å². The number of amides is 1. The molecule has 2 atom stereocenters. The molecule has 2 heterocycles. The lowest BCUT2D eigenvalue weighted by Gasteiger charge is -2.28. The number of rotatable bonds is 4. The van der Waals surface area contributed by atoms with Crippen LogP contribution >= 0.6 is 0 Å². The molecule has 1 fully saturated rings. The number of esters is 1. The monoisotopic (exact) mass is 431 g/mol. The molecule has 1 saturated heterocycles. The first-order valence-corrected chi connectivity index (χ1v) is 11.3. The molecule has 2 N–H and O–H groups in total. The van der Waals surface area contributed by atoms with Crippen LogP contribution in [0.4, 0.5) is 0 Å². The number of aryl methyl sites for hydroxylation is 2. The number of hydrogen-bond donors (Lipinski definition) is 2. The van der Waals surface area contributed by atoms with Crippen molar-refractivity contribution >= 4 is 22.8 Å². The Morgan fingerprint density at radius 1 is 1.06 bits per heavy atom. The number of aromatic nitrogens is 1. The van der Waals surface area contributed by atoms with Crippen LogP contribution in [0.5, 0.6) is 0 Å². The highest BCUT2D eigenvalue weighted by Gasteiger charge is 2.43. The van der Waals surface area contributed by atoms with Crippen molar-refractivity contribution in [3.05, 3.63) is 70.4 Å². The van der Waals surface area contributed by atoms with Crippen LogP contribution in [0.1, 0.15) is 39.2 Å². The van der Waals surface area contributed by atoms with Crippen LogP contribution in [0.2, 0.25) is 0 Å². The molecule has 2 aliphatic rings. The molecule has 0 bridgehead atoms. The van der Waals surface area contributed by atoms with Gasteiger partial charge in [-0.15, -0.1) is 0 Å². The summed E-state index contributed by atoms with van der Waals surface area (Å²) in [5, 5.41) is 4.26. The number of para-hydroxylation sites is 1. The largest absolute Gasteiger partial charge is 0.468 e. The maximum atomic E-state index is 13.2. The maximum Gasteiger partial charge on any atom is 0.323 e. The van der Waals surface area contributed by atoms with E-state index in [-0.39, 0.29) is 30.0 Å². The van der Waals surface area contributed by atoms with E-state index in [1.54, 1.807) is 0 Å². The molecule has 1 aliphatic carbocycles. The average Bonchev–Trinajstić information content (AvgIpc) is 3.48. The first-order valence-electron chi connectivity index (χ1n) is 11.3. The van der Waals surface area contributed by atoms with Gasteiger partial charge in [-0.1, -0.05) is 36.4 Å². The number of fused-ring (bicyclic) bond motifs is 2. The smallest absolute Gasteiger partial charge is 0.323 e. The Kier molecular flexibility index (Phi) is 5.25. The van der Waals surface area contributed by atoms with Crippen molar-refractivity contribution in [2.45, 2.75) is 51.2 Å². The van der Waals surface area contributed by atoms with Crippen LogP contribution in [0, 0.1) is 13.8 Å². The Morgan fingerprint density at radius 3 is 2.47 bits per heavy atom. The number of carbonyl (C=O) groups is 2. The number of nitrogens with one attached hydrogen (secondary N) is 2. The highest BCUT2D eigenvalue weighted by atomic mass is 16.5. The van der Waals surface area contributed by atoms with E-state index in [1.165, 1.54) is 18.2 Å². The summed E-state index contributed by atoms with van der Waals surface area (Å²) in [4.78, 5) is 31.4. The topological polar surface area (TPSA) is 74.4 Å². The summed E-state index contributed by atoms with van der Waals surface area (Å²) in [5.74, 6) is -0.336. The number of H-pyrrole nitrogens is 1. The lowest BCUT2D eigenvalue weighted by Crippen LogP contribution is -2.45. The quantitative estimate of drug-likeness (QED) is 0.622. The predicted molar refractivity (Wildman–Crippen MR) is 124 cm³/mol. The fourth-order valence-electron chi connectivity index (χ4n) is 5.44. The summed E-state index contributed by atoms with van der Waals surface area (Å²) in [6, 6.07) is 14.1. The molecule has 6 nitrogen and oxygen atoms in total. The molecule has 0 radical (unpaired) electrons. The number of hydrogen-bond acceptors (Lipinski definition) is 4. The van der Waals surface area contributed by atoms with Crippen LogP contribution in [0.15, 0.2) is 42.5 Å². The van der Waals surface area contributed by atoms with Gasteiger partial charge >= 0.3 is 5.97 Å². The second-order valence-electron chi connectivity index (χ2n) is 9.08. The first-order chi connectivity index (χ1) is 15.5. The Hall–Kier alpha value is -3.12. The van der Waals surface area contributed by atoms with Crippen molar-refractivity contribution < 1.29 is 14.3 Å². The predicted octanol–water partition coefficient (Wildman–Crippen LogP) is 3.30. The normalized spacial score (nSPS) is 21.1. The minimum absolute atomic E-state index is 0.109. The molecule has 166 valence electrons. The lowest BCUT2D eigenvalue weighted by molar-refractivity contribution is -0.146. The second kappa shape index (κ2) is 8.10. The molecule has 1 aromatic heterocycles. The molecular weight excluding hydrogens is 402 g/mol. The molecule has 5 rings (SSSR count). The summed E-state index contributed by atoms with van der Waals surface area (Å²) in [7, 11) is 1.44. The van der Waals surface area contributed by atoms with E-state index in [1.807, 2.05) is 25.1 Å². The lowest BCUT2D eigenvalue weighted by atomic mass is 10.1. The number of likely N-dealkylation sites (tertiary alicyclic amines) is 1. The molecule has 2 aromatic carbocycles. The molecule has 0 spiro atoms. The third-order valence-corrected chi connectivity index (χ3v) is 7.23. The molecule has 0 unspecified atom stereocenters. The zero-order valence-electron chi connectivity index (χ0n) is 18.8. The second-order valence-corrected chi connectivity index (χ2v) is 9.08. The third kappa shape index (κ3) is 3.48. The first kappa shape index (κ1) is 20.8. The SMILES string of the molecule is COC(=O)[C@@H]1C[C@@H](NC(=O)c2cccc3c(C)c(C)[nH]c23)CN1C1Cc2ccccc2C1. The Balaban J connectivity index is 1.36. The fourth-order valence-corrected chi connectivity index (χ4v) is 5.44. The van der Waals surface area contributed by atoms with Gasteiger partial charge in [0.1, 0.15) is 6.04 Å². The van der Waals surface area contributed by atoms with Crippen LogP contribution < -0.4 is 5.32 Å². The van der Waals surface area contributed by atoms with Crippen LogP contribution in [-0.4, -0.2) is 53.5 Å². The van der Waals surface area contributed by atoms with Crippen LogP contribution in [0.3, 0.4) is 0 Å². The van der Waals surface area contributed by atoms with Gasteiger partial charge in [0.15, 0.2) is 0 Å². The van der Waals surface area contributed by atoms with E-state index < -0.39 is 0 Å².